The summed E-state index contributed by atoms with van der Waals surface area (Å²) in [5, 5.41) is 12.6. The molecule has 2 aromatic rings. The van der Waals surface area contributed by atoms with E-state index in [2.05, 4.69) is 20.9 Å². The second-order valence-electron chi connectivity index (χ2n) is 4.71. The van der Waals surface area contributed by atoms with E-state index in [4.69, 9.17) is 0 Å². The van der Waals surface area contributed by atoms with Crippen LogP contribution < -0.4 is 10.6 Å². The molecule has 0 spiro atoms. The van der Waals surface area contributed by atoms with Crippen LogP contribution in [0.5, 0.6) is 0 Å². The van der Waals surface area contributed by atoms with Crippen LogP contribution in [0.4, 0.5) is 10.2 Å². The first-order valence-corrected chi connectivity index (χ1v) is 6.72. The minimum absolute atomic E-state index is 0.00423. The molecule has 0 unspecified atom stereocenters. The predicted molar refractivity (Wildman–Crippen MR) is 77.4 cm³/mol. The molecule has 0 aliphatic heterocycles. The van der Waals surface area contributed by atoms with Gasteiger partial charge in [0.1, 0.15) is 12.4 Å². The largest absolute Gasteiger partial charge is 0.354 e. The Morgan fingerprint density at radius 3 is 2.91 bits per heavy atom. The van der Waals surface area contributed by atoms with Crippen molar-refractivity contribution in [2.24, 2.45) is 0 Å². The fraction of sp³-hybridized carbons (Fsp3) is 0.286. The van der Waals surface area contributed by atoms with Gasteiger partial charge in [-0.2, -0.15) is 0 Å². The fourth-order valence-corrected chi connectivity index (χ4v) is 1.86. The highest BCUT2D eigenvalue weighted by molar-refractivity contribution is 5.87. The summed E-state index contributed by atoms with van der Waals surface area (Å²) in [4.78, 5) is 22.6. The highest BCUT2D eigenvalue weighted by Gasteiger charge is 2.06. The van der Waals surface area contributed by atoms with Gasteiger partial charge in [-0.1, -0.05) is 17.3 Å². The van der Waals surface area contributed by atoms with Gasteiger partial charge in [-0.3, -0.25) is 9.59 Å². The molecule has 22 heavy (non-hydrogen) atoms. The van der Waals surface area contributed by atoms with Crippen LogP contribution in [0.15, 0.2) is 30.5 Å². The lowest BCUT2D eigenvalue weighted by atomic mass is 10.1. The summed E-state index contributed by atoms with van der Waals surface area (Å²) in [5.74, 6) is -0.501. The third-order valence-corrected chi connectivity index (χ3v) is 2.77. The molecule has 0 bridgehead atoms. The molecule has 0 saturated carbocycles. The standard InChI is InChI=1S/C14H16FN5O2/c1-10(21)17-13-8-20(19-18-13)9-14(22)16-6-5-11-3-2-4-12(15)7-11/h2-4,7-8H,5-6,9H2,1H3,(H,16,22)(H,17,21). The summed E-state index contributed by atoms with van der Waals surface area (Å²) in [6.45, 7) is 1.75. The average Bonchev–Trinajstić information content (AvgIpc) is 2.85. The number of carbonyl (C=O) groups excluding carboxylic acids is 2. The number of hydrogen-bond donors (Lipinski definition) is 2. The van der Waals surface area contributed by atoms with Crippen molar-refractivity contribution in [1.82, 2.24) is 20.3 Å². The molecule has 7 nitrogen and oxygen atoms in total. The molecule has 2 N–H and O–H groups in total. The lowest BCUT2D eigenvalue weighted by Crippen LogP contribution is -2.29. The molecule has 8 heteroatoms. The van der Waals surface area contributed by atoms with E-state index in [-0.39, 0.29) is 24.2 Å². The van der Waals surface area contributed by atoms with E-state index < -0.39 is 0 Å². The number of hydrogen-bond acceptors (Lipinski definition) is 4. The van der Waals surface area contributed by atoms with Gasteiger partial charge >= 0.3 is 0 Å². The SMILES string of the molecule is CC(=O)Nc1cn(CC(=O)NCCc2cccc(F)c2)nn1. The Morgan fingerprint density at radius 2 is 2.18 bits per heavy atom. The molecular weight excluding hydrogens is 289 g/mol. The summed E-state index contributed by atoms with van der Waals surface area (Å²) >= 11 is 0. The van der Waals surface area contributed by atoms with E-state index in [0.29, 0.717) is 18.8 Å². The zero-order valence-corrected chi connectivity index (χ0v) is 12.0. The average molecular weight is 305 g/mol. The zero-order valence-electron chi connectivity index (χ0n) is 12.0. The fourth-order valence-electron chi connectivity index (χ4n) is 1.86. The van der Waals surface area contributed by atoms with Crippen LogP contribution in [0.25, 0.3) is 0 Å². The van der Waals surface area contributed by atoms with Crippen LogP contribution in [0.2, 0.25) is 0 Å². The van der Waals surface area contributed by atoms with Crippen molar-refractivity contribution in [3.8, 4) is 0 Å². The van der Waals surface area contributed by atoms with Gasteiger partial charge in [0.05, 0.1) is 6.20 Å². The molecule has 0 radical (unpaired) electrons. The molecule has 1 heterocycles. The molecule has 1 aromatic carbocycles. The van der Waals surface area contributed by atoms with Gasteiger partial charge in [-0.05, 0) is 24.1 Å². The number of nitrogens with zero attached hydrogens (tertiary/aromatic N) is 3. The van der Waals surface area contributed by atoms with E-state index in [0.717, 1.165) is 5.56 Å². The normalized spacial score (nSPS) is 10.3. The Labute approximate surface area is 126 Å². The monoisotopic (exact) mass is 305 g/mol. The molecule has 0 aliphatic carbocycles. The second kappa shape index (κ2) is 7.30. The quantitative estimate of drug-likeness (QED) is 0.823. The van der Waals surface area contributed by atoms with E-state index in [1.807, 2.05) is 0 Å². The molecule has 2 amide bonds. The Morgan fingerprint density at radius 1 is 1.36 bits per heavy atom. The van der Waals surface area contributed by atoms with E-state index >= 15 is 0 Å². The Bertz CT molecular complexity index is 671. The number of benzene rings is 1. The van der Waals surface area contributed by atoms with Crippen LogP contribution in [0.1, 0.15) is 12.5 Å². The van der Waals surface area contributed by atoms with E-state index in [1.54, 1.807) is 12.1 Å². The summed E-state index contributed by atoms with van der Waals surface area (Å²) < 4.78 is 14.3. The highest BCUT2D eigenvalue weighted by Crippen LogP contribution is 2.03. The molecule has 0 fully saturated rings. The first-order chi connectivity index (χ1) is 10.5. The van der Waals surface area contributed by atoms with Gasteiger partial charge in [0, 0.05) is 13.5 Å². The minimum Gasteiger partial charge on any atom is -0.354 e. The van der Waals surface area contributed by atoms with Crippen molar-refractivity contribution >= 4 is 17.6 Å². The Hall–Kier alpha value is -2.77. The maximum absolute atomic E-state index is 13.0. The van der Waals surface area contributed by atoms with Crippen LogP contribution in [0, 0.1) is 5.82 Å². The van der Waals surface area contributed by atoms with Gasteiger partial charge in [0.2, 0.25) is 11.8 Å². The number of aromatic nitrogens is 3. The highest BCUT2D eigenvalue weighted by atomic mass is 19.1. The molecule has 0 atom stereocenters. The lowest BCUT2D eigenvalue weighted by molar-refractivity contribution is -0.121. The summed E-state index contributed by atoms with van der Waals surface area (Å²) in [5.41, 5.74) is 0.814. The Balaban J connectivity index is 1.76. The number of rotatable bonds is 6. The van der Waals surface area contributed by atoms with Gasteiger partial charge in [-0.25, -0.2) is 9.07 Å². The number of halogens is 1. The first kappa shape index (κ1) is 15.6. The maximum atomic E-state index is 13.0. The topological polar surface area (TPSA) is 88.9 Å². The van der Waals surface area contributed by atoms with Crippen molar-refractivity contribution in [1.29, 1.82) is 0 Å². The van der Waals surface area contributed by atoms with Crippen molar-refractivity contribution in [3.05, 3.63) is 41.8 Å². The number of anilines is 1. The minimum atomic E-state index is -0.294. The summed E-state index contributed by atoms with van der Waals surface area (Å²) in [6, 6.07) is 6.24. The number of amides is 2. The van der Waals surface area contributed by atoms with Crippen molar-refractivity contribution in [2.45, 2.75) is 19.9 Å². The van der Waals surface area contributed by atoms with Gasteiger partial charge in [0.15, 0.2) is 5.82 Å². The van der Waals surface area contributed by atoms with Crippen molar-refractivity contribution in [2.75, 3.05) is 11.9 Å². The molecule has 0 aliphatic rings. The van der Waals surface area contributed by atoms with E-state index in [9.17, 15) is 14.0 Å². The first-order valence-electron chi connectivity index (χ1n) is 6.72. The number of nitrogens with one attached hydrogen (secondary N) is 2. The molecular formula is C14H16FN5O2. The van der Waals surface area contributed by atoms with Crippen LogP contribution in [0.3, 0.4) is 0 Å². The summed E-state index contributed by atoms with van der Waals surface area (Å²) in [6.07, 6.45) is 2.01. The van der Waals surface area contributed by atoms with Gasteiger partial charge < -0.3 is 10.6 Å². The third-order valence-electron chi connectivity index (χ3n) is 2.77. The predicted octanol–water partition coefficient (Wildman–Crippen LogP) is 0.734. The Kier molecular flexibility index (Phi) is 5.18. The molecule has 116 valence electrons. The van der Waals surface area contributed by atoms with E-state index in [1.165, 1.54) is 29.9 Å². The van der Waals surface area contributed by atoms with Gasteiger partial charge in [0.25, 0.3) is 0 Å². The molecule has 0 saturated heterocycles. The van der Waals surface area contributed by atoms with Gasteiger partial charge in [-0.15, -0.1) is 5.10 Å². The lowest BCUT2D eigenvalue weighted by Gasteiger charge is -2.05. The van der Waals surface area contributed by atoms with Crippen LogP contribution in [-0.4, -0.2) is 33.4 Å². The molecule has 1 aromatic heterocycles. The second-order valence-corrected chi connectivity index (χ2v) is 4.71. The van der Waals surface area contributed by atoms with Crippen LogP contribution in [-0.2, 0) is 22.6 Å². The maximum Gasteiger partial charge on any atom is 0.241 e. The summed E-state index contributed by atoms with van der Waals surface area (Å²) in [7, 11) is 0. The number of carbonyl (C=O) groups is 2. The molecule has 2 rings (SSSR count). The van der Waals surface area contributed by atoms with Crippen molar-refractivity contribution in [3.63, 3.8) is 0 Å². The van der Waals surface area contributed by atoms with Crippen molar-refractivity contribution < 1.29 is 14.0 Å². The van der Waals surface area contributed by atoms with Crippen LogP contribution >= 0.6 is 0 Å². The third kappa shape index (κ3) is 4.97. The smallest absolute Gasteiger partial charge is 0.241 e. The zero-order chi connectivity index (χ0) is 15.9.